The van der Waals surface area contributed by atoms with E-state index in [1.54, 1.807) is 30.6 Å². The van der Waals surface area contributed by atoms with Gasteiger partial charge in [0.15, 0.2) is 16.8 Å². The van der Waals surface area contributed by atoms with E-state index in [0.29, 0.717) is 39.0 Å². The third kappa shape index (κ3) is 4.12. The first kappa shape index (κ1) is 20.3. The van der Waals surface area contributed by atoms with Crippen LogP contribution >= 0.6 is 23.4 Å². The minimum Gasteiger partial charge on any atom is -0.334 e. The van der Waals surface area contributed by atoms with E-state index in [0.717, 1.165) is 11.3 Å². The summed E-state index contributed by atoms with van der Waals surface area (Å²) in [6, 6.07) is 17.1. The molecule has 0 spiro atoms. The molecule has 0 N–H and O–H groups in total. The minimum absolute atomic E-state index is 0.319. The zero-order valence-corrected chi connectivity index (χ0v) is 18.0. The maximum atomic E-state index is 13.5. The Morgan fingerprint density at radius 1 is 0.969 bits per heavy atom. The molecule has 0 amide bonds. The lowest BCUT2D eigenvalue weighted by Crippen LogP contribution is -2.00. The van der Waals surface area contributed by atoms with Crippen LogP contribution in [0.25, 0.3) is 28.5 Å². The Bertz CT molecular complexity index is 1360. The molecule has 0 aliphatic carbocycles. The fourth-order valence-electron chi connectivity index (χ4n) is 3.06. The SMILES string of the molecule is Fc1ccc(-n2c(SCc3noc(-c4ccccc4Cl)n3)nnc2-c2ccncc2)cc1. The van der Waals surface area contributed by atoms with Crippen LogP contribution < -0.4 is 0 Å². The predicted molar refractivity (Wildman–Crippen MR) is 119 cm³/mol. The summed E-state index contributed by atoms with van der Waals surface area (Å²) in [6.45, 7) is 0. The summed E-state index contributed by atoms with van der Waals surface area (Å²) >= 11 is 7.61. The molecule has 0 radical (unpaired) electrons. The quantitative estimate of drug-likeness (QED) is 0.308. The van der Waals surface area contributed by atoms with Crippen molar-refractivity contribution in [2.45, 2.75) is 10.9 Å². The van der Waals surface area contributed by atoms with E-state index >= 15 is 0 Å². The largest absolute Gasteiger partial charge is 0.334 e. The van der Waals surface area contributed by atoms with Crippen LogP contribution in [0.1, 0.15) is 5.82 Å². The Morgan fingerprint density at radius 2 is 1.75 bits per heavy atom. The fourth-order valence-corrected chi connectivity index (χ4v) is 4.07. The lowest BCUT2D eigenvalue weighted by Gasteiger charge is -2.09. The zero-order valence-electron chi connectivity index (χ0n) is 16.4. The van der Waals surface area contributed by atoms with Crippen molar-refractivity contribution in [2.24, 2.45) is 0 Å². The normalized spacial score (nSPS) is 11.1. The van der Waals surface area contributed by atoms with Crippen molar-refractivity contribution in [1.82, 2.24) is 29.9 Å². The third-order valence-corrected chi connectivity index (χ3v) is 5.81. The van der Waals surface area contributed by atoms with Crippen molar-refractivity contribution in [2.75, 3.05) is 0 Å². The van der Waals surface area contributed by atoms with Crippen molar-refractivity contribution in [3.8, 4) is 28.5 Å². The second-order valence-electron chi connectivity index (χ2n) is 6.64. The van der Waals surface area contributed by atoms with Gasteiger partial charge in [-0.2, -0.15) is 4.98 Å². The second kappa shape index (κ2) is 8.89. The first-order chi connectivity index (χ1) is 15.7. The van der Waals surface area contributed by atoms with Gasteiger partial charge in [0, 0.05) is 23.6 Å². The highest BCUT2D eigenvalue weighted by molar-refractivity contribution is 7.98. The van der Waals surface area contributed by atoms with E-state index in [1.165, 1.54) is 23.9 Å². The standard InChI is InChI=1S/C22H14ClFN6OS/c23-18-4-2-1-3-17(18)21-26-19(29-31-21)13-32-22-28-27-20(14-9-11-25-12-10-14)30(22)16-7-5-15(24)6-8-16/h1-12H,13H2. The second-order valence-corrected chi connectivity index (χ2v) is 7.99. The topological polar surface area (TPSA) is 82.5 Å². The fraction of sp³-hybridized carbons (Fsp3) is 0.0455. The molecule has 0 aliphatic heterocycles. The van der Waals surface area contributed by atoms with Gasteiger partial charge in [0.2, 0.25) is 0 Å². The van der Waals surface area contributed by atoms with Crippen LogP contribution in [0, 0.1) is 5.82 Å². The maximum Gasteiger partial charge on any atom is 0.259 e. The monoisotopic (exact) mass is 464 g/mol. The van der Waals surface area contributed by atoms with E-state index in [4.69, 9.17) is 16.1 Å². The van der Waals surface area contributed by atoms with Crippen LogP contribution in [0.15, 0.2) is 82.7 Å². The summed E-state index contributed by atoms with van der Waals surface area (Å²) in [4.78, 5) is 8.49. The van der Waals surface area contributed by atoms with Crippen molar-refractivity contribution >= 4 is 23.4 Å². The Labute approximate surface area is 191 Å². The first-order valence-electron chi connectivity index (χ1n) is 9.51. The van der Waals surface area contributed by atoms with Gasteiger partial charge < -0.3 is 4.52 Å². The van der Waals surface area contributed by atoms with Gasteiger partial charge in [-0.1, -0.05) is 40.7 Å². The lowest BCUT2D eigenvalue weighted by atomic mass is 10.2. The number of rotatable bonds is 6. The number of thioether (sulfide) groups is 1. The highest BCUT2D eigenvalue weighted by atomic mass is 35.5. The van der Waals surface area contributed by atoms with Crippen LogP contribution in [-0.2, 0) is 5.75 Å². The van der Waals surface area contributed by atoms with Crippen LogP contribution in [0.5, 0.6) is 0 Å². The summed E-state index contributed by atoms with van der Waals surface area (Å²) in [5, 5.41) is 13.9. The molecule has 3 heterocycles. The molecule has 0 atom stereocenters. The van der Waals surface area contributed by atoms with E-state index in [1.807, 2.05) is 34.9 Å². The van der Waals surface area contributed by atoms with Gasteiger partial charge in [-0.25, -0.2) is 4.39 Å². The summed E-state index contributed by atoms with van der Waals surface area (Å²) in [5.74, 6) is 1.53. The van der Waals surface area contributed by atoms with Crippen molar-refractivity contribution in [3.05, 3.63) is 89.7 Å². The molecule has 158 valence electrons. The van der Waals surface area contributed by atoms with Crippen LogP contribution in [0.3, 0.4) is 0 Å². The molecule has 0 saturated heterocycles. The highest BCUT2D eigenvalue weighted by Gasteiger charge is 2.18. The van der Waals surface area contributed by atoms with Gasteiger partial charge in [0.1, 0.15) is 5.82 Å². The van der Waals surface area contributed by atoms with E-state index in [2.05, 4.69) is 25.3 Å². The Kier molecular flexibility index (Phi) is 5.66. The first-order valence-corrected chi connectivity index (χ1v) is 10.9. The average molecular weight is 465 g/mol. The number of hydrogen-bond donors (Lipinski definition) is 0. The van der Waals surface area contributed by atoms with Crippen LogP contribution in [0.2, 0.25) is 5.02 Å². The van der Waals surface area contributed by atoms with E-state index in [-0.39, 0.29) is 5.82 Å². The third-order valence-electron chi connectivity index (χ3n) is 4.56. The zero-order chi connectivity index (χ0) is 21.9. The molecule has 0 unspecified atom stereocenters. The molecule has 0 bridgehead atoms. The Hall–Kier alpha value is -3.56. The summed E-state index contributed by atoms with van der Waals surface area (Å²) in [5.41, 5.74) is 2.24. The highest BCUT2D eigenvalue weighted by Crippen LogP contribution is 2.30. The van der Waals surface area contributed by atoms with Crippen LogP contribution in [0.4, 0.5) is 4.39 Å². The van der Waals surface area contributed by atoms with Gasteiger partial charge in [0.25, 0.3) is 5.89 Å². The summed E-state index contributed by atoms with van der Waals surface area (Å²) in [6.07, 6.45) is 3.36. The Morgan fingerprint density at radius 3 is 2.53 bits per heavy atom. The van der Waals surface area contributed by atoms with Gasteiger partial charge in [-0.3, -0.25) is 9.55 Å². The number of pyridine rings is 1. The van der Waals surface area contributed by atoms with Crippen molar-refractivity contribution in [1.29, 1.82) is 0 Å². The molecular formula is C22H14ClFN6OS. The smallest absolute Gasteiger partial charge is 0.259 e. The van der Waals surface area contributed by atoms with Gasteiger partial charge in [0.05, 0.1) is 16.3 Å². The molecule has 32 heavy (non-hydrogen) atoms. The molecular weight excluding hydrogens is 451 g/mol. The number of benzene rings is 2. The van der Waals surface area contributed by atoms with Crippen molar-refractivity contribution in [3.63, 3.8) is 0 Å². The molecule has 2 aromatic carbocycles. The summed E-state index contributed by atoms with van der Waals surface area (Å²) in [7, 11) is 0. The van der Waals surface area contributed by atoms with Gasteiger partial charge in [-0.15, -0.1) is 10.2 Å². The predicted octanol–water partition coefficient (Wildman–Crippen LogP) is 5.46. The average Bonchev–Trinajstić information content (AvgIpc) is 3.46. The molecule has 5 aromatic rings. The molecule has 7 nitrogen and oxygen atoms in total. The minimum atomic E-state index is -0.319. The maximum absolute atomic E-state index is 13.5. The molecule has 10 heteroatoms. The molecule has 0 saturated carbocycles. The van der Waals surface area contributed by atoms with E-state index < -0.39 is 0 Å². The summed E-state index contributed by atoms with van der Waals surface area (Å²) < 4.78 is 20.7. The van der Waals surface area contributed by atoms with Gasteiger partial charge in [-0.05, 0) is 48.5 Å². The number of aromatic nitrogens is 6. The molecule has 0 aliphatic rings. The number of nitrogens with zero attached hydrogens (tertiary/aromatic N) is 6. The lowest BCUT2D eigenvalue weighted by molar-refractivity contribution is 0.425. The van der Waals surface area contributed by atoms with E-state index in [9.17, 15) is 4.39 Å². The number of halogens is 2. The molecule has 3 aromatic heterocycles. The Balaban J connectivity index is 1.45. The van der Waals surface area contributed by atoms with Gasteiger partial charge >= 0.3 is 0 Å². The molecule has 0 fully saturated rings. The van der Waals surface area contributed by atoms with Crippen molar-refractivity contribution < 1.29 is 8.91 Å². The molecule has 5 rings (SSSR count). The van der Waals surface area contributed by atoms with Crippen LogP contribution in [-0.4, -0.2) is 29.9 Å². The number of hydrogen-bond acceptors (Lipinski definition) is 7.